The van der Waals surface area contributed by atoms with Crippen molar-refractivity contribution < 1.29 is 4.52 Å². The second-order valence-electron chi connectivity index (χ2n) is 5.10. The van der Waals surface area contributed by atoms with Gasteiger partial charge in [-0.1, -0.05) is 5.16 Å². The normalized spacial score (nSPS) is 23.4. The van der Waals surface area contributed by atoms with Crippen LogP contribution >= 0.6 is 0 Å². The van der Waals surface area contributed by atoms with Crippen LogP contribution in [0.15, 0.2) is 23.0 Å². The molecule has 18 heavy (non-hydrogen) atoms. The molecule has 1 aliphatic heterocycles. The second-order valence-corrected chi connectivity index (χ2v) is 5.10. The van der Waals surface area contributed by atoms with E-state index >= 15 is 0 Å². The second kappa shape index (κ2) is 4.17. The first-order valence-electron chi connectivity index (χ1n) is 6.15. The predicted molar refractivity (Wildman–Crippen MR) is 67.1 cm³/mol. The number of nitrogens with one attached hydrogen (secondary N) is 1. The van der Waals surface area contributed by atoms with E-state index in [2.05, 4.69) is 27.4 Å². The molecule has 1 unspecified atom stereocenters. The summed E-state index contributed by atoms with van der Waals surface area (Å²) in [5.74, 6) is 1.37. The topological polar surface area (TPSA) is 63.8 Å². The first-order valence-corrected chi connectivity index (χ1v) is 6.15. The summed E-state index contributed by atoms with van der Waals surface area (Å²) in [5.41, 5.74) is 2.00. The van der Waals surface area contributed by atoms with Crippen LogP contribution in [-0.4, -0.2) is 28.2 Å². The average Bonchev–Trinajstić information content (AvgIpc) is 2.99. The smallest absolute Gasteiger partial charge is 0.234 e. The van der Waals surface area contributed by atoms with Crippen molar-refractivity contribution >= 4 is 0 Å². The van der Waals surface area contributed by atoms with E-state index in [1.165, 1.54) is 0 Å². The van der Waals surface area contributed by atoms with E-state index < -0.39 is 0 Å². The van der Waals surface area contributed by atoms with Crippen LogP contribution in [-0.2, 0) is 5.41 Å². The van der Waals surface area contributed by atoms with E-state index in [4.69, 9.17) is 4.52 Å². The Kier molecular flexibility index (Phi) is 2.63. The Balaban J connectivity index is 1.97. The van der Waals surface area contributed by atoms with Gasteiger partial charge in [-0.05, 0) is 38.4 Å². The number of pyridine rings is 1. The summed E-state index contributed by atoms with van der Waals surface area (Å²) in [6, 6.07) is 1.92. The maximum atomic E-state index is 5.44. The van der Waals surface area contributed by atoms with Gasteiger partial charge in [0.25, 0.3) is 0 Å². The van der Waals surface area contributed by atoms with Gasteiger partial charge in [0.2, 0.25) is 11.7 Å². The van der Waals surface area contributed by atoms with Gasteiger partial charge in [0.05, 0.1) is 5.41 Å². The van der Waals surface area contributed by atoms with Crippen molar-refractivity contribution in [3.05, 3.63) is 29.9 Å². The Morgan fingerprint density at radius 3 is 3.06 bits per heavy atom. The maximum absolute atomic E-state index is 5.44. The minimum Gasteiger partial charge on any atom is -0.338 e. The van der Waals surface area contributed by atoms with Crippen LogP contribution < -0.4 is 5.32 Å². The number of aromatic nitrogens is 3. The zero-order chi connectivity index (χ0) is 12.6. The largest absolute Gasteiger partial charge is 0.338 e. The molecule has 1 saturated heterocycles. The van der Waals surface area contributed by atoms with E-state index in [1.807, 2.05) is 19.2 Å². The first kappa shape index (κ1) is 11.3. The lowest BCUT2D eigenvalue weighted by Gasteiger charge is -2.15. The highest BCUT2D eigenvalue weighted by molar-refractivity contribution is 5.58. The van der Waals surface area contributed by atoms with Gasteiger partial charge in [0.15, 0.2) is 0 Å². The molecule has 94 valence electrons. The van der Waals surface area contributed by atoms with Crippen LogP contribution in [0.1, 0.15) is 24.8 Å². The molecule has 2 aromatic rings. The molecule has 5 heteroatoms. The Labute approximate surface area is 106 Å². The van der Waals surface area contributed by atoms with E-state index in [9.17, 15) is 0 Å². The Morgan fingerprint density at radius 2 is 2.33 bits per heavy atom. The van der Waals surface area contributed by atoms with Crippen molar-refractivity contribution in [2.75, 3.05) is 13.1 Å². The van der Waals surface area contributed by atoms with Crippen molar-refractivity contribution in [3.63, 3.8) is 0 Å². The van der Waals surface area contributed by atoms with Crippen LogP contribution in [0.2, 0.25) is 0 Å². The molecule has 1 atom stereocenters. The van der Waals surface area contributed by atoms with E-state index in [0.29, 0.717) is 5.82 Å². The van der Waals surface area contributed by atoms with E-state index in [1.54, 1.807) is 6.20 Å². The SMILES string of the molecule is Cc1cnccc1-c1noc(C2(C)CCNC2)n1. The molecule has 0 radical (unpaired) electrons. The fourth-order valence-corrected chi connectivity index (χ4v) is 2.30. The third-order valence-corrected chi connectivity index (χ3v) is 3.57. The minimum absolute atomic E-state index is 0.0355. The van der Waals surface area contributed by atoms with Crippen molar-refractivity contribution in [1.82, 2.24) is 20.4 Å². The Bertz CT molecular complexity index is 558. The van der Waals surface area contributed by atoms with Crippen LogP contribution in [0.4, 0.5) is 0 Å². The maximum Gasteiger partial charge on any atom is 0.234 e. The molecule has 0 spiro atoms. The summed E-state index contributed by atoms with van der Waals surface area (Å²) < 4.78 is 5.44. The Hall–Kier alpha value is -1.75. The predicted octanol–water partition coefficient (Wildman–Crippen LogP) is 1.69. The lowest BCUT2D eigenvalue weighted by molar-refractivity contribution is 0.306. The zero-order valence-corrected chi connectivity index (χ0v) is 10.6. The van der Waals surface area contributed by atoms with Crippen molar-refractivity contribution in [1.29, 1.82) is 0 Å². The molecule has 2 aromatic heterocycles. The molecule has 3 rings (SSSR count). The molecule has 1 aliphatic rings. The van der Waals surface area contributed by atoms with E-state index in [-0.39, 0.29) is 5.41 Å². The highest BCUT2D eigenvalue weighted by Crippen LogP contribution is 2.30. The zero-order valence-electron chi connectivity index (χ0n) is 10.6. The van der Waals surface area contributed by atoms with Gasteiger partial charge in [0, 0.05) is 24.5 Å². The monoisotopic (exact) mass is 244 g/mol. The third-order valence-electron chi connectivity index (χ3n) is 3.57. The van der Waals surface area contributed by atoms with Gasteiger partial charge in [-0.15, -0.1) is 0 Å². The molecule has 0 aliphatic carbocycles. The molecular formula is C13H16N4O. The molecule has 0 bridgehead atoms. The molecule has 0 amide bonds. The molecule has 0 saturated carbocycles. The summed E-state index contributed by atoms with van der Waals surface area (Å²) >= 11 is 0. The van der Waals surface area contributed by atoms with Gasteiger partial charge < -0.3 is 9.84 Å². The van der Waals surface area contributed by atoms with Crippen molar-refractivity contribution in [2.24, 2.45) is 0 Å². The van der Waals surface area contributed by atoms with Gasteiger partial charge >= 0.3 is 0 Å². The lowest BCUT2D eigenvalue weighted by Crippen LogP contribution is -2.25. The number of rotatable bonds is 2. The minimum atomic E-state index is -0.0355. The molecule has 1 fully saturated rings. The fraction of sp³-hybridized carbons (Fsp3) is 0.462. The van der Waals surface area contributed by atoms with Gasteiger partial charge in [-0.25, -0.2) is 0 Å². The number of hydrogen-bond acceptors (Lipinski definition) is 5. The van der Waals surface area contributed by atoms with E-state index in [0.717, 1.165) is 36.5 Å². The number of hydrogen-bond donors (Lipinski definition) is 1. The number of nitrogens with zero attached hydrogens (tertiary/aromatic N) is 3. The van der Waals surface area contributed by atoms with Crippen LogP contribution in [0.25, 0.3) is 11.4 Å². The molecule has 5 nitrogen and oxygen atoms in total. The van der Waals surface area contributed by atoms with Crippen LogP contribution in [0.5, 0.6) is 0 Å². The van der Waals surface area contributed by atoms with Gasteiger partial charge in [-0.3, -0.25) is 4.98 Å². The van der Waals surface area contributed by atoms with Gasteiger partial charge in [0.1, 0.15) is 0 Å². The average molecular weight is 244 g/mol. The number of aryl methyl sites for hydroxylation is 1. The molecular weight excluding hydrogens is 228 g/mol. The summed E-state index contributed by atoms with van der Waals surface area (Å²) in [6.45, 7) is 6.05. The van der Waals surface area contributed by atoms with Crippen LogP contribution in [0, 0.1) is 6.92 Å². The third kappa shape index (κ3) is 1.80. The summed E-state index contributed by atoms with van der Waals surface area (Å²) in [4.78, 5) is 8.62. The first-order chi connectivity index (χ1) is 8.69. The quantitative estimate of drug-likeness (QED) is 0.871. The van der Waals surface area contributed by atoms with Crippen LogP contribution in [0.3, 0.4) is 0 Å². The molecule has 1 N–H and O–H groups in total. The van der Waals surface area contributed by atoms with Gasteiger partial charge in [-0.2, -0.15) is 4.98 Å². The highest BCUT2D eigenvalue weighted by atomic mass is 16.5. The Morgan fingerprint density at radius 1 is 1.44 bits per heavy atom. The standard InChI is InChI=1S/C13H16N4O/c1-9-7-14-5-3-10(9)11-16-12(18-17-11)13(2)4-6-15-8-13/h3,5,7,15H,4,6,8H2,1-2H3. The summed E-state index contributed by atoms with van der Waals surface area (Å²) in [7, 11) is 0. The molecule has 3 heterocycles. The van der Waals surface area contributed by atoms with Crippen molar-refractivity contribution in [3.8, 4) is 11.4 Å². The van der Waals surface area contributed by atoms with Crippen molar-refractivity contribution in [2.45, 2.75) is 25.7 Å². The summed E-state index contributed by atoms with van der Waals surface area (Å²) in [5, 5.41) is 7.43. The fourth-order valence-electron chi connectivity index (χ4n) is 2.30. The highest BCUT2D eigenvalue weighted by Gasteiger charge is 2.36. The summed E-state index contributed by atoms with van der Waals surface area (Å²) in [6.07, 6.45) is 4.59. The lowest BCUT2D eigenvalue weighted by atomic mass is 9.90. The molecule has 0 aromatic carbocycles.